The Hall–Kier alpha value is -1.92. The third-order valence-corrected chi connectivity index (χ3v) is 3.74. The van der Waals surface area contributed by atoms with Crippen molar-refractivity contribution < 1.29 is 9.90 Å². The van der Waals surface area contributed by atoms with Crippen LogP contribution in [-0.4, -0.2) is 35.0 Å². The van der Waals surface area contributed by atoms with E-state index in [9.17, 15) is 9.90 Å². The van der Waals surface area contributed by atoms with Crippen LogP contribution in [0.3, 0.4) is 0 Å². The molecule has 6 nitrogen and oxygen atoms in total. The molecule has 2 aliphatic heterocycles. The van der Waals surface area contributed by atoms with E-state index >= 15 is 0 Å². The lowest BCUT2D eigenvalue weighted by molar-refractivity contribution is -0.122. The fraction of sp³-hybridized carbons (Fsp3) is 0.429. The summed E-state index contributed by atoms with van der Waals surface area (Å²) in [5.74, 6) is 0.450. The zero-order chi connectivity index (χ0) is 14.1. The van der Waals surface area contributed by atoms with Crippen LogP contribution < -0.4 is 16.2 Å². The highest BCUT2D eigenvalue weighted by atomic mass is 16.3. The maximum atomic E-state index is 12.1. The van der Waals surface area contributed by atoms with Crippen molar-refractivity contribution in [3.05, 3.63) is 29.8 Å². The Balaban J connectivity index is 1.95. The zero-order valence-corrected chi connectivity index (χ0v) is 11.3. The Labute approximate surface area is 117 Å². The van der Waals surface area contributed by atoms with Crippen molar-refractivity contribution in [2.75, 3.05) is 0 Å². The number of carbonyl (C=O) groups excluding carboxylic acids is 1. The Morgan fingerprint density at radius 3 is 2.85 bits per heavy atom. The number of hydrazine groups is 1. The molecule has 1 fully saturated rings. The molecule has 4 N–H and O–H groups in total. The van der Waals surface area contributed by atoms with Crippen molar-refractivity contribution in [1.29, 1.82) is 0 Å². The van der Waals surface area contributed by atoms with Crippen molar-refractivity contribution in [2.45, 2.75) is 37.9 Å². The van der Waals surface area contributed by atoms with E-state index in [4.69, 9.17) is 0 Å². The van der Waals surface area contributed by atoms with Gasteiger partial charge in [0.25, 0.3) is 0 Å². The summed E-state index contributed by atoms with van der Waals surface area (Å²) in [6, 6.07) is 6.54. The number of rotatable bonds is 3. The number of aromatic hydroxyl groups is 1. The standard InChI is InChI=1S/C14H18N4O2/c1-2-5-9-11-12(18-17-9)14(20)16-13(15-11)8-6-3-4-7-10(8)19/h3-4,6-7,9,11-12,17-19H,2,5H2,1H3,(H,15,16,20). The van der Waals surface area contributed by atoms with Crippen LogP contribution in [0.1, 0.15) is 25.3 Å². The molecule has 3 atom stereocenters. The molecule has 0 aliphatic carbocycles. The lowest BCUT2D eigenvalue weighted by Crippen LogP contribution is -2.53. The molecule has 106 valence electrons. The van der Waals surface area contributed by atoms with Gasteiger partial charge in [-0.1, -0.05) is 25.5 Å². The van der Waals surface area contributed by atoms with E-state index in [1.54, 1.807) is 18.2 Å². The third-order valence-electron chi connectivity index (χ3n) is 3.74. The molecule has 1 aromatic carbocycles. The zero-order valence-electron chi connectivity index (χ0n) is 11.3. The van der Waals surface area contributed by atoms with E-state index in [1.807, 2.05) is 6.07 Å². The van der Waals surface area contributed by atoms with Crippen molar-refractivity contribution in [3.8, 4) is 5.75 Å². The minimum atomic E-state index is -0.346. The number of aliphatic imine (C=N–C) groups is 1. The average Bonchev–Trinajstić information content (AvgIpc) is 2.84. The van der Waals surface area contributed by atoms with Gasteiger partial charge in [0.2, 0.25) is 5.91 Å². The summed E-state index contributed by atoms with van der Waals surface area (Å²) in [6.07, 6.45) is 1.96. The molecule has 3 rings (SSSR count). The molecule has 3 unspecified atom stereocenters. The summed E-state index contributed by atoms with van der Waals surface area (Å²) in [5.41, 5.74) is 6.69. The topological polar surface area (TPSA) is 85.8 Å². The lowest BCUT2D eigenvalue weighted by atomic mass is 9.97. The predicted molar refractivity (Wildman–Crippen MR) is 75.3 cm³/mol. The normalized spacial score (nSPS) is 28.8. The van der Waals surface area contributed by atoms with Gasteiger partial charge in [0.05, 0.1) is 11.6 Å². The molecule has 1 aromatic rings. The van der Waals surface area contributed by atoms with Crippen LogP contribution in [0.4, 0.5) is 0 Å². The van der Waals surface area contributed by atoms with Crippen molar-refractivity contribution in [3.63, 3.8) is 0 Å². The van der Waals surface area contributed by atoms with E-state index in [2.05, 4.69) is 28.1 Å². The molecule has 2 aliphatic rings. The number of hydrogen-bond acceptors (Lipinski definition) is 5. The average molecular weight is 274 g/mol. The summed E-state index contributed by atoms with van der Waals surface area (Å²) < 4.78 is 0. The molecule has 0 radical (unpaired) electrons. The highest BCUT2D eigenvalue weighted by molar-refractivity contribution is 6.12. The largest absolute Gasteiger partial charge is 0.507 e. The first kappa shape index (κ1) is 13.1. The first-order valence-electron chi connectivity index (χ1n) is 6.88. The fourth-order valence-corrected chi connectivity index (χ4v) is 2.73. The van der Waals surface area contributed by atoms with Gasteiger partial charge in [0, 0.05) is 6.04 Å². The maximum absolute atomic E-state index is 12.1. The molecule has 0 saturated carbocycles. The molecule has 0 bridgehead atoms. The van der Waals surface area contributed by atoms with Crippen molar-refractivity contribution in [1.82, 2.24) is 16.2 Å². The number of amidine groups is 1. The van der Waals surface area contributed by atoms with E-state index in [1.165, 1.54) is 0 Å². The van der Waals surface area contributed by atoms with Crippen LogP contribution in [0.15, 0.2) is 29.3 Å². The number of phenols is 1. The monoisotopic (exact) mass is 274 g/mol. The fourth-order valence-electron chi connectivity index (χ4n) is 2.73. The predicted octanol–water partition coefficient (Wildman–Crippen LogP) is 0.282. The minimum absolute atomic E-state index is 0.116. The van der Waals surface area contributed by atoms with Crippen LogP contribution >= 0.6 is 0 Å². The highest BCUT2D eigenvalue weighted by Crippen LogP contribution is 2.23. The van der Waals surface area contributed by atoms with Crippen LogP contribution in [0.2, 0.25) is 0 Å². The van der Waals surface area contributed by atoms with Gasteiger partial charge >= 0.3 is 0 Å². The number of para-hydroxylation sites is 1. The summed E-state index contributed by atoms with van der Waals surface area (Å²) in [7, 11) is 0. The Morgan fingerprint density at radius 1 is 1.30 bits per heavy atom. The second kappa shape index (κ2) is 5.22. The number of phenolic OH excluding ortho intramolecular Hbond substituents is 1. The first-order chi connectivity index (χ1) is 9.70. The summed E-state index contributed by atoms with van der Waals surface area (Å²) >= 11 is 0. The number of carbonyl (C=O) groups is 1. The minimum Gasteiger partial charge on any atom is -0.507 e. The number of nitrogens with zero attached hydrogens (tertiary/aromatic N) is 1. The van der Waals surface area contributed by atoms with Crippen molar-refractivity contribution >= 4 is 11.7 Å². The summed E-state index contributed by atoms with van der Waals surface area (Å²) in [4.78, 5) is 16.8. The van der Waals surface area contributed by atoms with Gasteiger partial charge in [0.15, 0.2) is 0 Å². The Kier molecular flexibility index (Phi) is 3.42. The van der Waals surface area contributed by atoms with Crippen LogP contribution in [0.5, 0.6) is 5.75 Å². The highest BCUT2D eigenvalue weighted by Gasteiger charge is 2.43. The van der Waals surface area contributed by atoms with Gasteiger partial charge in [-0.2, -0.15) is 0 Å². The first-order valence-corrected chi connectivity index (χ1v) is 6.88. The van der Waals surface area contributed by atoms with E-state index in [-0.39, 0.29) is 29.8 Å². The summed E-state index contributed by atoms with van der Waals surface area (Å²) in [6.45, 7) is 2.10. The van der Waals surface area contributed by atoms with E-state index in [0.29, 0.717) is 11.4 Å². The van der Waals surface area contributed by atoms with Crippen LogP contribution in [-0.2, 0) is 4.79 Å². The SMILES string of the molecule is CCCC1NNC2C(=O)NC(c3ccccc3O)=NC12. The van der Waals surface area contributed by atoms with Gasteiger partial charge in [-0.15, -0.1) is 0 Å². The molecular formula is C14H18N4O2. The number of benzene rings is 1. The number of amides is 1. The van der Waals surface area contributed by atoms with Gasteiger partial charge in [0.1, 0.15) is 17.6 Å². The molecule has 0 aromatic heterocycles. The smallest absolute Gasteiger partial charge is 0.246 e. The number of fused-ring (bicyclic) bond motifs is 1. The van der Waals surface area contributed by atoms with Crippen molar-refractivity contribution in [2.24, 2.45) is 4.99 Å². The maximum Gasteiger partial charge on any atom is 0.246 e. The molecule has 1 amide bonds. The van der Waals surface area contributed by atoms with Crippen LogP contribution in [0, 0.1) is 0 Å². The Bertz CT molecular complexity index is 558. The van der Waals surface area contributed by atoms with E-state index < -0.39 is 0 Å². The lowest BCUT2D eigenvalue weighted by Gasteiger charge is -2.25. The van der Waals surface area contributed by atoms with E-state index in [0.717, 1.165) is 12.8 Å². The second-order valence-corrected chi connectivity index (χ2v) is 5.14. The van der Waals surface area contributed by atoms with Gasteiger partial charge in [-0.05, 0) is 18.6 Å². The van der Waals surface area contributed by atoms with Gasteiger partial charge < -0.3 is 10.4 Å². The molecule has 6 heteroatoms. The Morgan fingerprint density at radius 2 is 2.10 bits per heavy atom. The molecular weight excluding hydrogens is 256 g/mol. The molecule has 2 heterocycles. The van der Waals surface area contributed by atoms with Gasteiger partial charge in [-0.25, -0.2) is 5.43 Å². The number of hydrogen-bond donors (Lipinski definition) is 4. The number of nitrogens with one attached hydrogen (secondary N) is 3. The molecule has 0 spiro atoms. The summed E-state index contributed by atoms with van der Waals surface area (Å²) in [5, 5.41) is 12.7. The third kappa shape index (κ3) is 2.17. The van der Waals surface area contributed by atoms with Gasteiger partial charge in [-0.3, -0.25) is 15.2 Å². The second-order valence-electron chi connectivity index (χ2n) is 5.14. The van der Waals surface area contributed by atoms with Crippen LogP contribution in [0.25, 0.3) is 0 Å². The quantitative estimate of drug-likeness (QED) is 0.638. The molecule has 20 heavy (non-hydrogen) atoms. The molecule has 1 saturated heterocycles.